The number of benzene rings is 8. The van der Waals surface area contributed by atoms with E-state index in [9.17, 15) is 4.39 Å². The first-order chi connectivity index (χ1) is 21.9. The lowest BCUT2D eigenvalue weighted by Crippen LogP contribution is -2.10. The minimum absolute atomic E-state index is 0.0914. The lowest BCUT2D eigenvalue weighted by Gasteiger charge is -2.21. The fourth-order valence-corrected chi connectivity index (χ4v) is 7.00. The molecule has 0 nitrogen and oxygen atoms in total. The Morgan fingerprint density at radius 1 is 0.400 bits per heavy atom. The Balaban J connectivity index is 1.50. The molecule has 8 rings (SSSR count). The summed E-state index contributed by atoms with van der Waals surface area (Å²) < 4.78 is 14.2. The smallest absolute Gasteiger partial charge is 0.123 e. The molecule has 216 valence electrons. The van der Waals surface area contributed by atoms with Crippen LogP contribution in [0.1, 0.15) is 26.3 Å². The predicted octanol–water partition coefficient (Wildman–Crippen LogP) is 12.7. The maximum Gasteiger partial charge on any atom is 0.123 e. The van der Waals surface area contributed by atoms with Crippen LogP contribution in [-0.4, -0.2) is 0 Å². The molecule has 8 aromatic rings. The normalized spacial score (nSPS) is 12.0. The first kappa shape index (κ1) is 27.3. The van der Waals surface area contributed by atoms with Crippen LogP contribution in [0.5, 0.6) is 0 Å². The van der Waals surface area contributed by atoms with Crippen molar-refractivity contribution in [2.24, 2.45) is 0 Å². The molecule has 0 heterocycles. The summed E-state index contributed by atoms with van der Waals surface area (Å²) in [6.45, 7) is 6.74. The van der Waals surface area contributed by atoms with Crippen molar-refractivity contribution in [1.82, 2.24) is 0 Å². The summed E-state index contributed by atoms with van der Waals surface area (Å²) >= 11 is 0. The third-order valence-electron chi connectivity index (χ3n) is 9.28. The molecule has 0 aliphatic heterocycles. The average Bonchev–Trinajstić information content (AvgIpc) is 3.07. The number of fused-ring (bicyclic) bond motifs is 5. The topological polar surface area (TPSA) is 0 Å². The van der Waals surface area contributed by atoms with Gasteiger partial charge in [0.05, 0.1) is 0 Å². The monoisotopic (exact) mass is 580 g/mol. The Labute approximate surface area is 263 Å². The van der Waals surface area contributed by atoms with Gasteiger partial charge in [0.2, 0.25) is 0 Å². The molecule has 0 aliphatic rings. The Morgan fingerprint density at radius 2 is 0.933 bits per heavy atom. The van der Waals surface area contributed by atoms with Gasteiger partial charge in [-0.05, 0) is 112 Å². The summed E-state index contributed by atoms with van der Waals surface area (Å²) in [6.07, 6.45) is 0. The van der Waals surface area contributed by atoms with E-state index in [1.54, 1.807) is 12.1 Å². The Morgan fingerprint density at radius 3 is 1.62 bits per heavy atom. The van der Waals surface area contributed by atoms with Crippen LogP contribution in [0.3, 0.4) is 0 Å². The Hall–Kier alpha value is -5.27. The summed E-state index contributed by atoms with van der Waals surface area (Å²) in [6, 6.07) is 51.2. The molecule has 0 unspecified atom stereocenters. The van der Waals surface area contributed by atoms with Crippen molar-refractivity contribution in [3.05, 3.63) is 157 Å². The molecule has 0 saturated carbocycles. The van der Waals surface area contributed by atoms with Crippen LogP contribution >= 0.6 is 0 Å². The van der Waals surface area contributed by atoms with Gasteiger partial charge >= 0.3 is 0 Å². The van der Waals surface area contributed by atoms with Crippen molar-refractivity contribution in [3.8, 4) is 33.4 Å². The molecule has 0 atom stereocenters. The van der Waals surface area contributed by atoms with E-state index < -0.39 is 0 Å². The molecule has 0 amide bonds. The maximum absolute atomic E-state index is 14.2. The van der Waals surface area contributed by atoms with Crippen LogP contribution < -0.4 is 0 Å². The van der Waals surface area contributed by atoms with Crippen LogP contribution in [-0.2, 0) is 5.41 Å². The van der Waals surface area contributed by atoms with E-state index in [-0.39, 0.29) is 11.2 Å². The summed E-state index contributed by atoms with van der Waals surface area (Å²) in [5.74, 6) is -0.230. The molecule has 0 aromatic heterocycles. The zero-order valence-electron chi connectivity index (χ0n) is 25.7. The van der Waals surface area contributed by atoms with Crippen LogP contribution in [0.25, 0.3) is 76.5 Å². The number of hydrogen-bond acceptors (Lipinski definition) is 0. The van der Waals surface area contributed by atoms with Gasteiger partial charge in [-0.2, -0.15) is 0 Å². The molecule has 0 N–H and O–H groups in total. The van der Waals surface area contributed by atoms with Crippen LogP contribution in [0, 0.1) is 5.82 Å². The van der Waals surface area contributed by atoms with Gasteiger partial charge in [0, 0.05) is 0 Å². The lowest BCUT2D eigenvalue weighted by molar-refractivity contribution is 0.590. The minimum Gasteiger partial charge on any atom is -0.207 e. The third kappa shape index (κ3) is 4.59. The van der Waals surface area contributed by atoms with Gasteiger partial charge in [-0.25, -0.2) is 4.39 Å². The summed E-state index contributed by atoms with van der Waals surface area (Å²) in [4.78, 5) is 0. The predicted molar refractivity (Wildman–Crippen MR) is 191 cm³/mol. The molecule has 0 radical (unpaired) electrons. The van der Waals surface area contributed by atoms with Gasteiger partial charge in [0.1, 0.15) is 5.82 Å². The summed E-state index contributed by atoms with van der Waals surface area (Å²) in [7, 11) is 0. The van der Waals surface area contributed by atoms with Crippen molar-refractivity contribution in [2.45, 2.75) is 26.2 Å². The first-order valence-corrected chi connectivity index (χ1v) is 15.6. The zero-order chi connectivity index (χ0) is 30.7. The molecule has 0 bridgehead atoms. The van der Waals surface area contributed by atoms with Crippen molar-refractivity contribution in [1.29, 1.82) is 0 Å². The quantitative estimate of drug-likeness (QED) is 0.144. The lowest BCUT2D eigenvalue weighted by atomic mass is 9.82. The van der Waals surface area contributed by atoms with Crippen molar-refractivity contribution in [3.63, 3.8) is 0 Å². The standard InChI is InChI=1S/C44H33F/c1-44(2,3)32-21-16-28(17-22-32)30-20-25-39-41(26-30)42(29-18-23-33(45)24-19-29)37-14-8-9-15-38(37)43(39)40-27-31-10-4-5-11-34(31)35-12-6-7-13-36(35)40/h4-27H,1-3H3. The van der Waals surface area contributed by atoms with Crippen LogP contribution in [0.2, 0.25) is 0 Å². The number of rotatable bonds is 3. The van der Waals surface area contributed by atoms with Gasteiger partial charge in [-0.1, -0.05) is 142 Å². The second kappa shape index (κ2) is 10.4. The highest BCUT2D eigenvalue weighted by molar-refractivity contribution is 6.26. The second-order valence-electron chi connectivity index (χ2n) is 13.1. The van der Waals surface area contributed by atoms with Crippen molar-refractivity contribution >= 4 is 43.1 Å². The van der Waals surface area contributed by atoms with E-state index in [2.05, 4.69) is 142 Å². The minimum atomic E-state index is -0.230. The average molecular weight is 581 g/mol. The molecule has 0 fully saturated rings. The Bertz CT molecular complexity index is 2390. The molecule has 0 spiro atoms. The van der Waals surface area contributed by atoms with Gasteiger partial charge < -0.3 is 0 Å². The fourth-order valence-electron chi connectivity index (χ4n) is 7.00. The Kier molecular flexibility index (Phi) is 6.32. The molecule has 8 aromatic carbocycles. The molecule has 1 heteroatoms. The van der Waals surface area contributed by atoms with E-state index in [4.69, 9.17) is 0 Å². The molecular weight excluding hydrogens is 547 g/mol. The van der Waals surface area contributed by atoms with E-state index in [1.807, 2.05) is 12.1 Å². The van der Waals surface area contributed by atoms with Gasteiger partial charge in [0.15, 0.2) is 0 Å². The SMILES string of the molecule is CC(C)(C)c1ccc(-c2ccc3c(-c4cc5ccccc5c5ccccc45)c4ccccc4c(-c4ccc(F)cc4)c3c2)cc1. The van der Waals surface area contributed by atoms with E-state index in [0.29, 0.717) is 0 Å². The largest absolute Gasteiger partial charge is 0.207 e. The molecule has 0 aliphatic carbocycles. The third-order valence-corrected chi connectivity index (χ3v) is 9.28. The second-order valence-corrected chi connectivity index (χ2v) is 13.1. The van der Waals surface area contributed by atoms with Crippen molar-refractivity contribution < 1.29 is 4.39 Å². The van der Waals surface area contributed by atoms with Crippen LogP contribution in [0.15, 0.2) is 146 Å². The highest BCUT2D eigenvalue weighted by Crippen LogP contribution is 2.47. The zero-order valence-corrected chi connectivity index (χ0v) is 25.7. The summed E-state index contributed by atoms with van der Waals surface area (Å²) in [5.41, 5.74) is 8.33. The maximum atomic E-state index is 14.2. The number of halogens is 1. The fraction of sp³-hybridized carbons (Fsp3) is 0.0909. The highest BCUT2D eigenvalue weighted by atomic mass is 19.1. The molecule has 45 heavy (non-hydrogen) atoms. The van der Waals surface area contributed by atoms with Gasteiger partial charge in [-0.3, -0.25) is 0 Å². The molecular formula is C44H33F. The van der Waals surface area contributed by atoms with Crippen molar-refractivity contribution in [2.75, 3.05) is 0 Å². The first-order valence-electron chi connectivity index (χ1n) is 15.6. The van der Waals surface area contributed by atoms with Gasteiger partial charge in [0.25, 0.3) is 0 Å². The number of hydrogen-bond donors (Lipinski definition) is 0. The van der Waals surface area contributed by atoms with Gasteiger partial charge in [-0.15, -0.1) is 0 Å². The molecule has 0 saturated heterocycles. The van der Waals surface area contributed by atoms with E-state index >= 15 is 0 Å². The summed E-state index contributed by atoms with van der Waals surface area (Å²) in [5, 5.41) is 9.65. The van der Waals surface area contributed by atoms with E-state index in [0.717, 1.165) is 27.5 Å². The van der Waals surface area contributed by atoms with Crippen LogP contribution in [0.4, 0.5) is 4.39 Å². The highest BCUT2D eigenvalue weighted by Gasteiger charge is 2.20. The van der Waals surface area contributed by atoms with E-state index in [1.165, 1.54) is 54.6 Å².